The van der Waals surface area contributed by atoms with Gasteiger partial charge in [0.05, 0.1) is 6.61 Å². The molecule has 36 heavy (non-hydrogen) atoms. The van der Waals surface area contributed by atoms with Gasteiger partial charge in [-0.05, 0) is 12.8 Å². The molecule has 0 saturated heterocycles. The number of aliphatic hydroxyl groups excluding tert-OH is 9. The van der Waals surface area contributed by atoms with Gasteiger partial charge in [-0.25, -0.2) is 9.59 Å². The Hall–Kier alpha value is -2.81. The summed E-state index contributed by atoms with van der Waals surface area (Å²) in [6.45, 7) is -0.760. The fraction of sp³-hybridized carbons (Fsp3) is 0.722. The van der Waals surface area contributed by atoms with Crippen LogP contribution in [0.5, 0.6) is 0 Å². The van der Waals surface area contributed by atoms with Gasteiger partial charge in [-0.15, -0.1) is 0 Å². The summed E-state index contributed by atoms with van der Waals surface area (Å²) < 4.78 is 0. The lowest BCUT2D eigenvalue weighted by atomic mass is 10.0. The Labute approximate surface area is 202 Å². The molecule has 0 rings (SSSR count). The maximum absolute atomic E-state index is 10.1. The third-order valence-electron chi connectivity index (χ3n) is 3.95. The van der Waals surface area contributed by atoms with Gasteiger partial charge in [-0.3, -0.25) is 9.59 Å². The van der Waals surface area contributed by atoms with E-state index >= 15 is 0 Å². The molecule has 0 bridgehead atoms. The van der Waals surface area contributed by atoms with Gasteiger partial charge in [-0.2, -0.15) is 0 Å². The predicted octanol–water partition coefficient (Wildman–Crippen LogP) is -6.06. The van der Waals surface area contributed by atoms with Crippen molar-refractivity contribution in [3.63, 3.8) is 0 Å². The van der Waals surface area contributed by atoms with Crippen molar-refractivity contribution in [2.24, 2.45) is 0 Å². The molecule has 8 unspecified atom stereocenters. The molecule has 0 radical (unpaired) electrons. The first-order chi connectivity index (χ1) is 16.5. The molecule has 0 fully saturated rings. The van der Waals surface area contributed by atoms with Crippen LogP contribution >= 0.6 is 0 Å². The summed E-state index contributed by atoms with van der Waals surface area (Å²) in [5.41, 5.74) is 0. The Morgan fingerprint density at radius 2 is 0.917 bits per heavy atom. The van der Waals surface area contributed by atoms with Crippen LogP contribution in [0.1, 0.15) is 25.7 Å². The number of aliphatic hydroxyl groups is 9. The van der Waals surface area contributed by atoms with Crippen LogP contribution in [0.2, 0.25) is 0 Å². The van der Waals surface area contributed by atoms with Crippen LogP contribution in [0.25, 0.3) is 0 Å². The molecule has 0 aliphatic carbocycles. The quantitative estimate of drug-likeness (QED) is 0.0683. The highest BCUT2D eigenvalue weighted by Gasteiger charge is 2.37. The SMILES string of the molecule is O=C(O)C(O)C(O)C(O)C(O)C(=O)O.O=C(O)CCCCC(=O)O.O=CC(O)C(O)C(O)C(O)CO. The highest BCUT2D eigenvalue weighted by atomic mass is 16.4. The number of aldehydes is 1. The largest absolute Gasteiger partial charge is 0.481 e. The summed E-state index contributed by atoms with van der Waals surface area (Å²) in [7, 11) is 0. The van der Waals surface area contributed by atoms with Gasteiger partial charge in [0.15, 0.2) is 18.5 Å². The van der Waals surface area contributed by atoms with Crippen LogP contribution in [-0.4, -0.2) is 152 Å². The standard InChI is InChI=1S/C6H10O8.C6H12O6.C6H10O4/c7-1(3(9)5(11)12)2(8)4(10)6(13)14;7-1-3(9)5(11)6(12)4(10)2-8;7-5(8)3-1-2-4-6(9)10/h1-4,7-10H,(H,11,12)(H,13,14);1,3-6,8-12H,2H2;1-4H2,(H,7,8)(H,9,10). The summed E-state index contributed by atoms with van der Waals surface area (Å²) in [4.78, 5) is 49.9. The Kier molecular flexibility index (Phi) is 21.4. The van der Waals surface area contributed by atoms with E-state index in [2.05, 4.69) is 0 Å². The summed E-state index contributed by atoms with van der Waals surface area (Å²) in [6, 6.07) is 0. The first-order valence-corrected chi connectivity index (χ1v) is 9.85. The zero-order valence-corrected chi connectivity index (χ0v) is 18.6. The Bertz CT molecular complexity index is 628. The number of hydrogen-bond donors (Lipinski definition) is 13. The van der Waals surface area contributed by atoms with Gasteiger partial charge in [-0.1, -0.05) is 0 Å². The maximum Gasteiger partial charge on any atom is 0.335 e. The first kappa shape index (κ1) is 37.7. The Morgan fingerprint density at radius 3 is 1.14 bits per heavy atom. The van der Waals surface area contributed by atoms with Crippen molar-refractivity contribution in [2.75, 3.05) is 6.61 Å². The van der Waals surface area contributed by atoms with Gasteiger partial charge >= 0.3 is 23.9 Å². The van der Waals surface area contributed by atoms with Crippen LogP contribution in [0.4, 0.5) is 0 Å². The number of aliphatic carboxylic acids is 4. The number of rotatable bonds is 15. The minimum Gasteiger partial charge on any atom is -0.481 e. The van der Waals surface area contributed by atoms with E-state index in [-0.39, 0.29) is 19.1 Å². The normalized spacial score (nSPS) is 17.1. The monoisotopic (exact) mass is 536 g/mol. The van der Waals surface area contributed by atoms with Crippen molar-refractivity contribution in [3.05, 3.63) is 0 Å². The lowest BCUT2D eigenvalue weighted by Gasteiger charge is -2.22. The average Bonchev–Trinajstić information content (AvgIpc) is 2.82. The zero-order chi connectivity index (χ0) is 29.2. The van der Waals surface area contributed by atoms with Crippen LogP contribution in [-0.2, 0) is 24.0 Å². The lowest BCUT2D eigenvalue weighted by Crippen LogP contribution is -2.49. The van der Waals surface area contributed by atoms with E-state index in [4.69, 9.17) is 66.4 Å². The Morgan fingerprint density at radius 1 is 0.583 bits per heavy atom. The van der Waals surface area contributed by atoms with Crippen molar-refractivity contribution < 1.29 is 90.4 Å². The zero-order valence-electron chi connectivity index (χ0n) is 18.6. The van der Waals surface area contributed by atoms with E-state index in [1.165, 1.54) is 0 Å². The number of hydrogen-bond acceptors (Lipinski definition) is 14. The molecule has 0 aromatic carbocycles. The van der Waals surface area contributed by atoms with Crippen molar-refractivity contribution in [1.29, 1.82) is 0 Å². The highest BCUT2D eigenvalue weighted by molar-refractivity contribution is 5.75. The maximum atomic E-state index is 10.1. The molecule has 18 nitrogen and oxygen atoms in total. The topological polar surface area (TPSA) is 348 Å². The third kappa shape index (κ3) is 17.6. The minimum absolute atomic E-state index is 0.0258. The summed E-state index contributed by atoms with van der Waals surface area (Å²) in [6.07, 6.45) is -15.1. The van der Waals surface area contributed by atoms with Crippen molar-refractivity contribution in [3.8, 4) is 0 Å². The highest BCUT2D eigenvalue weighted by Crippen LogP contribution is 2.06. The van der Waals surface area contributed by atoms with Gasteiger partial charge in [0.1, 0.15) is 36.6 Å². The fourth-order valence-electron chi connectivity index (χ4n) is 1.84. The fourth-order valence-corrected chi connectivity index (χ4v) is 1.84. The molecular formula is C18H32O18. The van der Waals surface area contributed by atoms with Crippen LogP contribution in [0.15, 0.2) is 0 Å². The molecule has 8 atom stereocenters. The number of carboxylic acids is 4. The van der Waals surface area contributed by atoms with E-state index in [1.54, 1.807) is 0 Å². The molecule has 18 heteroatoms. The second-order valence-electron chi connectivity index (χ2n) is 6.90. The van der Waals surface area contributed by atoms with Crippen molar-refractivity contribution in [2.45, 2.75) is 74.5 Å². The molecule has 0 aromatic rings. The van der Waals surface area contributed by atoms with Crippen molar-refractivity contribution >= 4 is 30.2 Å². The van der Waals surface area contributed by atoms with Crippen LogP contribution in [0, 0.1) is 0 Å². The van der Waals surface area contributed by atoms with Gasteiger partial charge in [0, 0.05) is 12.8 Å². The lowest BCUT2D eigenvalue weighted by molar-refractivity contribution is -0.172. The molecule has 0 aromatic heterocycles. The molecule has 212 valence electrons. The van der Waals surface area contributed by atoms with Crippen LogP contribution in [0.3, 0.4) is 0 Å². The van der Waals surface area contributed by atoms with E-state index in [0.29, 0.717) is 12.8 Å². The smallest absolute Gasteiger partial charge is 0.335 e. The average molecular weight is 536 g/mol. The van der Waals surface area contributed by atoms with Gasteiger partial charge < -0.3 is 71.2 Å². The number of carboxylic acid groups (broad SMARTS) is 4. The predicted molar refractivity (Wildman–Crippen MR) is 110 cm³/mol. The molecule has 0 aliphatic heterocycles. The van der Waals surface area contributed by atoms with Gasteiger partial charge in [0.25, 0.3) is 0 Å². The second kappa shape index (κ2) is 20.4. The number of carbonyl (C=O) groups is 5. The molecule has 0 spiro atoms. The molecule has 0 heterocycles. The summed E-state index contributed by atoms with van der Waals surface area (Å²) in [5.74, 6) is -5.42. The molecule has 0 saturated carbocycles. The van der Waals surface area contributed by atoms with E-state index in [0.717, 1.165) is 0 Å². The third-order valence-corrected chi connectivity index (χ3v) is 3.95. The first-order valence-electron chi connectivity index (χ1n) is 9.85. The van der Waals surface area contributed by atoms with Crippen molar-refractivity contribution in [1.82, 2.24) is 0 Å². The van der Waals surface area contributed by atoms with E-state index < -0.39 is 79.3 Å². The molecule has 0 amide bonds. The number of unbranched alkanes of at least 4 members (excludes halogenated alkanes) is 1. The van der Waals surface area contributed by atoms with E-state index in [9.17, 15) is 24.0 Å². The second-order valence-corrected chi connectivity index (χ2v) is 6.90. The van der Waals surface area contributed by atoms with E-state index in [1.807, 2.05) is 0 Å². The van der Waals surface area contributed by atoms with Gasteiger partial charge in [0.2, 0.25) is 0 Å². The Balaban J connectivity index is -0.000000460. The number of carbonyl (C=O) groups excluding carboxylic acids is 1. The molecule has 0 aliphatic rings. The minimum atomic E-state index is -2.36. The molecular weight excluding hydrogens is 504 g/mol. The van der Waals surface area contributed by atoms with Crippen LogP contribution < -0.4 is 0 Å². The molecule has 13 N–H and O–H groups in total. The summed E-state index contributed by atoms with van der Waals surface area (Å²) >= 11 is 0. The summed E-state index contributed by atoms with van der Waals surface area (Å²) in [5, 5.41) is 111.